The van der Waals surface area contributed by atoms with Crippen molar-refractivity contribution in [2.75, 3.05) is 14.2 Å². The molecule has 0 saturated heterocycles. The first kappa shape index (κ1) is 14.0. The molecule has 3 aromatic heterocycles. The maximum Gasteiger partial charge on any atom is 0.235 e. The fourth-order valence-electron chi connectivity index (χ4n) is 2.13. The molecule has 0 aliphatic rings. The molecule has 0 unspecified atom stereocenters. The predicted octanol–water partition coefficient (Wildman–Crippen LogP) is 2.39. The molecule has 0 N–H and O–H groups in total. The normalized spacial score (nSPS) is 11.0. The maximum atomic E-state index is 5.33. The van der Waals surface area contributed by atoms with Crippen LogP contribution in [0.15, 0.2) is 23.6 Å². The monoisotopic (exact) mass is 346 g/mol. The predicted molar refractivity (Wildman–Crippen MR) is 86.1 cm³/mol. The van der Waals surface area contributed by atoms with Crippen LogP contribution in [-0.4, -0.2) is 43.6 Å². The summed E-state index contributed by atoms with van der Waals surface area (Å²) in [5, 5.41) is 19.6. The van der Waals surface area contributed by atoms with Crippen molar-refractivity contribution in [3.8, 4) is 33.6 Å². The molecule has 3 heterocycles. The lowest BCUT2D eigenvalue weighted by Crippen LogP contribution is -1.94. The summed E-state index contributed by atoms with van der Waals surface area (Å²) in [6, 6.07) is 5.56. The maximum absolute atomic E-state index is 5.33. The van der Waals surface area contributed by atoms with E-state index < -0.39 is 0 Å². The van der Waals surface area contributed by atoms with Crippen molar-refractivity contribution in [1.82, 2.24) is 29.4 Å². The summed E-state index contributed by atoms with van der Waals surface area (Å²) in [5.74, 6) is 1.91. The van der Waals surface area contributed by atoms with Crippen molar-refractivity contribution in [2.45, 2.75) is 0 Å². The smallest absolute Gasteiger partial charge is 0.235 e. The van der Waals surface area contributed by atoms with Gasteiger partial charge >= 0.3 is 0 Å². The van der Waals surface area contributed by atoms with E-state index in [-0.39, 0.29) is 0 Å². The van der Waals surface area contributed by atoms with Gasteiger partial charge in [0, 0.05) is 10.9 Å². The Morgan fingerprint density at radius 2 is 1.91 bits per heavy atom. The summed E-state index contributed by atoms with van der Waals surface area (Å²) < 4.78 is 16.1. The third-order valence-electron chi connectivity index (χ3n) is 3.21. The van der Waals surface area contributed by atoms with Crippen LogP contribution >= 0.6 is 22.9 Å². The molecule has 0 fully saturated rings. The quantitative estimate of drug-likeness (QED) is 0.560. The molecule has 0 spiro atoms. The Hall–Kier alpha value is -2.59. The van der Waals surface area contributed by atoms with E-state index in [2.05, 4.69) is 24.9 Å². The molecule has 0 atom stereocenters. The number of methoxy groups -OCH3 is 2. The SMILES string of the molecule is COc1ccc(-c2nnc3sc(-c4csnn4)nn23)cc1OC. The first-order chi connectivity index (χ1) is 11.3. The molecule has 1 aromatic carbocycles. The van der Waals surface area contributed by atoms with Gasteiger partial charge in [-0.1, -0.05) is 15.8 Å². The Balaban J connectivity index is 1.83. The summed E-state index contributed by atoms with van der Waals surface area (Å²) in [7, 11) is 3.19. The van der Waals surface area contributed by atoms with Crippen molar-refractivity contribution in [3.05, 3.63) is 23.6 Å². The molecule has 0 saturated carbocycles. The van der Waals surface area contributed by atoms with Crippen molar-refractivity contribution < 1.29 is 9.47 Å². The van der Waals surface area contributed by atoms with Crippen LogP contribution in [0.3, 0.4) is 0 Å². The fraction of sp³-hybridized carbons (Fsp3) is 0.154. The second-order valence-electron chi connectivity index (χ2n) is 4.49. The fourth-order valence-corrected chi connectivity index (χ4v) is 3.44. The first-order valence-electron chi connectivity index (χ1n) is 6.52. The average molecular weight is 346 g/mol. The molecule has 116 valence electrons. The van der Waals surface area contributed by atoms with E-state index in [1.165, 1.54) is 22.9 Å². The van der Waals surface area contributed by atoms with Gasteiger partial charge in [-0.15, -0.1) is 15.3 Å². The molecule has 0 radical (unpaired) electrons. The molecule has 0 amide bonds. The Bertz CT molecular complexity index is 962. The van der Waals surface area contributed by atoms with Crippen LogP contribution in [-0.2, 0) is 0 Å². The Morgan fingerprint density at radius 3 is 2.65 bits per heavy atom. The summed E-state index contributed by atoms with van der Waals surface area (Å²) >= 11 is 2.70. The molecular formula is C13H10N6O2S2. The molecule has 10 heteroatoms. The van der Waals surface area contributed by atoms with Crippen LogP contribution < -0.4 is 9.47 Å². The standard InChI is InChI=1S/C13H10N6O2S2/c1-20-9-4-3-7(5-10(9)21-2)11-15-16-13-19(11)17-12(23-13)8-6-22-18-14-8/h3-6H,1-2H3. The molecule has 0 bridgehead atoms. The minimum absolute atomic E-state index is 0.626. The zero-order valence-corrected chi connectivity index (χ0v) is 13.8. The van der Waals surface area contributed by atoms with E-state index >= 15 is 0 Å². The lowest BCUT2D eigenvalue weighted by Gasteiger charge is -2.08. The van der Waals surface area contributed by atoms with Gasteiger partial charge in [0.25, 0.3) is 0 Å². The number of ether oxygens (including phenoxy) is 2. The lowest BCUT2D eigenvalue weighted by atomic mass is 10.2. The highest BCUT2D eigenvalue weighted by Gasteiger charge is 2.17. The third-order valence-corrected chi connectivity index (χ3v) is 4.64. The number of hydrogen-bond acceptors (Lipinski definition) is 9. The highest BCUT2D eigenvalue weighted by molar-refractivity contribution is 7.20. The van der Waals surface area contributed by atoms with Gasteiger partial charge in [-0.25, -0.2) is 0 Å². The van der Waals surface area contributed by atoms with E-state index in [0.29, 0.717) is 22.3 Å². The third kappa shape index (κ3) is 2.32. The lowest BCUT2D eigenvalue weighted by molar-refractivity contribution is 0.355. The molecule has 0 aliphatic carbocycles. The van der Waals surface area contributed by atoms with E-state index in [4.69, 9.17) is 9.47 Å². The van der Waals surface area contributed by atoms with Gasteiger partial charge in [-0.05, 0) is 29.7 Å². The molecule has 4 rings (SSSR count). The molecule has 4 aromatic rings. The molecule has 8 nitrogen and oxygen atoms in total. The largest absolute Gasteiger partial charge is 0.493 e. The number of nitrogens with zero attached hydrogens (tertiary/aromatic N) is 6. The van der Waals surface area contributed by atoms with Crippen LogP contribution in [0.5, 0.6) is 11.5 Å². The molecule has 23 heavy (non-hydrogen) atoms. The van der Waals surface area contributed by atoms with Gasteiger partial charge < -0.3 is 9.47 Å². The van der Waals surface area contributed by atoms with Crippen LogP contribution in [0.1, 0.15) is 0 Å². The highest BCUT2D eigenvalue weighted by Crippen LogP contribution is 2.33. The van der Waals surface area contributed by atoms with Gasteiger partial charge in [0.05, 0.1) is 14.2 Å². The van der Waals surface area contributed by atoms with Crippen molar-refractivity contribution in [1.29, 1.82) is 0 Å². The van der Waals surface area contributed by atoms with E-state index in [1.807, 2.05) is 23.6 Å². The van der Waals surface area contributed by atoms with Gasteiger partial charge in [-0.2, -0.15) is 9.61 Å². The summed E-state index contributed by atoms with van der Waals surface area (Å²) in [4.78, 5) is 0.692. The number of fused-ring (bicyclic) bond motifs is 1. The molecule has 0 aliphatic heterocycles. The Kier molecular flexibility index (Phi) is 3.39. The highest BCUT2D eigenvalue weighted by atomic mass is 32.1. The first-order valence-corrected chi connectivity index (χ1v) is 8.17. The number of rotatable bonds is 4. The Morgan fingerprint density at radius 1 is 1.04 bits per heavy atom. The van der Waals surface area contributed by atoms with Gasteiger partial charge in [0.15, 0.2) is 22.3 Å². The Labute approximate surface area is 138 Å². The van der Waals surface area contributed by atoms with Crippen LogP contribution in [0.4, 0.5) is 0 Å². The zero-order valence-electron chi connectivity index (χ0n) is 12.1. The average Bonchev–Trinajstić information content (AvgIpc) is 3.29. The van der Waals surface area contributed by atoms with Crippen molar-refractivity contribution in [2.24, 2.45) is 0 Å². The second-order valence-corrected chi connectivity index (χ2v) is 6.05. The van der Waals surface area contributed by atoms with Gasteiger partial charge in [0.1, 0.15) is 5.69 Å². The molecular weight excluding hydrogens is 336 g/mol. The van der Waals surface area contributed by atoms with Crippen molar-refractivity contribution in [3.63, 3.8) is 0 Å². The minimum Gasteiger partial charge on any atom is -0.493 e. The van der Waals surface area contributed by atoms with Crippen LogP contribution in [0.2, 0.25) is 0 Å². The van der Waals surface area contributed by atoms with Gasteiger partial charge in [-0.3, -0.25) is 0 Å². The summed E-state index contributed by atoms with van der Waals surface area (Å²) in [5.41, 5.74) is 1.58. The summed E-state index contributed by atoms with van der Waals surface area (Å²) in [6.45, 7) is 0. The number of hydrogen-bond donors (Lipinski definition) is 0. The topological polar surface area (TPSA) is 87.3 Å². The van der Waals surface area contributed by atoms with Gasteiger partial charge in [0.2, 0.25) is 4.96 Å². The zero-order chi connectivity index (χ0) is 15.8. The number of benzene rings is 1. The van der Waals surface area contributed by atoms with E-state index in [9.17, 15) is 0 Å². The van der Waals surface area contributed by atoms with Crippen molar-refractivity contribution >= 4 is 27.8 Å². The minimum atomic E-state index is 0.626. The van der Waals surface area contributed by atoms with E-state index in [0.717, 1.165) is 16.3 Å². The second kappa shape index (κ2) is 5.56. The van der Waals surface area contributed by atoms with E-state index in [1.54, 1.807) is 18.7 Å². The van der Waals surface area contributed by atoms with Crippen LogP contribution in [0, 0.1) is 0 Å². The van der Waals surface area contributed by atoms with Crippen LogP contribution in [0.25, 0.3) is 27.1 Å². The number of aromatic nitrogens is 6. The summed E-state index contributed by atoms with van der Waals surface area (Å²) in [6.07, 6.45) is 0.